The molecule has 0 amide bonds. The minimum Gasteiger partial charge on any atom is -0.459 e. The van der Waals surface area contributed by atoms with E-state index in [-0.39, 0.29) is 54.9 Å². The van der Waals surface area contributed by atoms with Crippen molar-refractivity contribution in [3.8, 4) is 52.6 Å². The van der Waals surface area contributed by atoms with Crippen LogP contribution in [0.4, 0.5) is 0 Å². The number of nitrogens with one attached hydrogen (secondary N) is 1. The normalized spacial score (nSPS) is 20.2. The van der Waals surface area contributed by atoms with Crippen LogP contribution in [0.2, 0.25) is 36.3 Å². The summed E-state index contributed by atoms with van der Waals surface area (Å²) in [5.74, 6) is 17.9. The quantitative estimate of drug-likeness (QED) is 0.0311. The van der Waals surface area contributed by atoms with Gasteiger partial charge in [-0.15, -0.1) is 5.26 Å². The number of piperidine rings is 2. The molecule has 0 spiro atoms. The Morgan fingerprint density at radius 3 is 1.44 bits per heavy atom. The Bertz CT molecular complexity index is 3810. The molecule has 2 saturated carbocycles. The van der Waals surface area contributed by atoms with Gasteiger partial charge in [-0.1, -0.05) is 90.4 Å². The van der Waals surface area contributed by atoms with E-state index in [1.807, 2.05) is 55.0 Å². The Kier molecular flexibility index (Phi) is 23.1. The van der Waals surface area contributed by atoms with Gasteiger partial charge in [-0.05, 0) is 156 Å². The molecule has 6 aromatic rings. The molecule has 20 nitrogen and oxygen atoms in total. The van der Waals surface area contributed by atoms with Crippen molar-refractivity contribution in [3.05, 3.63) is 120 Å². The van der Waals surface area contributed by atoms with E-state index >= 15 is 0 Å². The third-order valence-corrected chi connectivity index (χ3v) is 28.4. The van der Waals surface area contributed by atoms with E-state index in [1.165, 1.54) is 4.31 Å². The summed E-state index contributed by atoms with van der Waals surface area (Å²) in [4.78, 5) is 21.2. The molecule has 2 aliphatic heterocycles. The molecule has 10 rings (SSSR count). The highest BCUT2D eigenvalue weighted by atomic mass is 35.7. The van der Waals surface area contributed by atoms with Crippen LogP contribution in [-0.4, -0.2) is 111 Å². The van der Waals surface area contributed by atoms with Crippen LogP contribution in [-0.2, 0) is 55.0 Å². The Labute approximate surface area is 540 Å². The molecular weight excluding hydrogens is 1240 g/mol. The molecule has 4 fully saturated rings. The smallest absolute Gasteiger partial charge is 0.410 e. The van der Waals surface area contributed by atoms with Gasteiger partial charge in [-0.2, -0.15) is 8.42 Å². The van der Waals surface area contributed by atoms with Gasteiger partial charge in [0.2, 0.25) is 10.0 Å². The van der Waals surface area contributed by atoms with Gasteiger partial charge in [0.05, 0.1) is 23.8 Å². The zero-order valence-corrected chi connectivity index (χ0v) is 57.3. The molecule has 2 unspecified atom stereocenters. The first kappa shape index (κ1) is 72.7. The first-order valence-electron chi connectivity index (χ1n) is 29.5. The third-order valence-electron chi connectivity index (χ3n) is 17.2. The van der Waals surface area contributed by atoms with E-state index in [4.69, 9.17) is 27.9 Å². The van der Waals surface area contributed by atoms with Crippen LogP contribution >= 0.6 is 10.7 Å². The Morgan fingerprint density at radius 2 is 1.09 bits per heavy atom. The summed E-state index contributed by atoms with van der Waals surface area (Å²) in [7, 11) is -7.25. The number of hydrogen-bond donors (Lipinski definition) is 1. The SMILES string of the molecule is C.C.C[C@H](O[Si](C)(C)C(C)(C)C)c1nccn1Cc1cc(-c2ccc(C#CC3[C@H]4CN(S(=O)(=O)CC(=O)OC(C)(C)C)C[C@@H]34)cc2)on1.C[C@H](O[Si](C)(C)C(C)(C)C)c1nccn1Cc1cc(-c2ccc(C#CC3[C@H]4CNC[C@@H]34)cc2)on1.N#COS(=O)(=O)Cl. The number of carbonyl (C=O) groups excluding carboxylic acids is 1. The monoisotopic (exact) mass is 1330 g/mol. The number of halogens is 1. The number of benzene rings is 2. The van der Waals surface area contributed by atoms with Gasteiger partial charge in [0.1, 0.15) is 40.8 Å². The first-order valence-corrected chi connectivity index (χ1v) is 39.1. The minimum atomic E-state index is -4.06. The van der Waals surface area contributed by atoms with E-state index < -0.39 is 53.3 Å². The lowest BCUT2D eigenvalue weighted by Gasteiger charge is -2.38. The molecule has 4 aliphatic rings. The number of sulfonamides is 1. The molecule has 6 heterocycles. The standard InChI is InChI=1S/C34H46N4O6SSi.C28H36N4O2Si.CClNO3S.2CH4/c1-23(44-46(8,9)34(5,6)7)32-35-16-17-37(32)19-26-18-30(43-36-26)25-13-10-24(11-14-25)12-15-27-28-20-38(21-29(27)28)45(40,41)22-31(39)42-33(2,3)4;1-19(34-35(5,6)28(2,3)4)27-30-13-14-32(27)18-22-15-26(33-31-22)21-10-7-20(8-11-21)9-12-23-24-16-29-17-25(23)24;2-7(4,5)6-1-3;;/h10-11,13-14,16-18,23,27-29H,19-22H2,1-9H3;7-8,10-11,13-15,19,23-25,29H,16-18H2,1-6H3;;2*1H4/t23-,27?,28-,29+;19-,23?,24-,25+;;;/m00.../s1. The Balaban J connectivity index is 0.000000260. The van der Waals surface area contributed by atoms with Crippen LogP contribution in [0.25, 0.3) is 22.6 Å². The van der Waals surface area contributed by atoms with Crippen molar-refractivity contribution in [3.63, 3.8) is 0 Å². The number of hydrogen-bond acceptors (Lipinski definition) is 17. The van der Waals surface area contributed by atoms with Gasteiger partial charge in [0, 0.05) is 84.1 Å². The molecule has 4 aromatic heterocycles. The van der Waals surface area contributed by atoms with Crippen LogP contribution in [0.15, 0.2) is 94.5 Å². The number of ether oxygens (including phenoxy) is 1. The second-order valence-corrected chi connectivity index (χ2v) is 40.6. The van der Waals surface area contributed by atoms with Gasteiger partial charge in [-0.25, -0.2) is 22.7 Å². The fourth-order valence-corrected chi connectivity index (χ4v) is 14.5. The predicted molar refractivity (Wildman–Crippen MR) is 354 cm³/mol. The average Bonchev–Trinajstić information content (AvgIpc) is 1.59. The van der Waals surface area contributed by atoms with Crippen molar-refractivity contribution >= 4 is 52.6 Å². The maximum Gasteiger partial charge on any atom is 0.410 e. The number of esters is 1. The fraction of sp³-hybridized carbons (Fsp3) is 0.538. The molecule has 90 heavy (non-hydrogen) atoms. The molecular formula is C65H90ClN9O11S2Si2. The van der Waals surface area contributed by atoms with Gasteiger partial charge >= 0.3 is 21.6 Å². The van der Waals surface area contributed by atoms with Crippen molar-refractivity contribution in [2.45, 2.75) is 158 Å². The highest BCUT2D eigenvalue weighted by molar-refractivity contribution is 8.10. The van der Waals surface area contributed by atoms with E-state index in [1.54, 1.807) is 27.0 Å². The Hall–Kier alpha value is -6.38. The summed E-state index contributed by atoms with van der Waals surface area (Å²) < 4.78 is 83.0. The van der Waals surface area contributed by atoms with E-state index in [0.717, 1.165) is 82.2 Å². The van der Waals surface area contributed by atoms with Crippen molar-refractivity contribution in [2.24, 2.45) is 35.5 Å². The zero-order chi connectivity index (χ0) is 64.4. The molecule has 2 saturated heterocycles. The summed E-state index contributed by atoms with van der Waals surface area (Å²) in [6, 6.07) is 20.0. The predicted octanol–water partition coefficient (Wildman–Crippen LogP) is 12.6. The van der Waals surface area contributed by atoms with Gasteiger partial charge < -0.3 is 37.1 Å². The molecule has 2 aliphatic carbocycles. The number of rotatable bonds is 16. The highest BCUT2D eigenvalue weighted by Crippen LogP contribution is 2.52. The lowest BCUT2D eigenvalue weighted by molar-refractivity contribution is -0.151. The second-order valence-electron chi connectivity index (χ2n) is 27.0. The topological polar surface area (TPSA) is 249 Å². The van der Waals surface area contributed by atoms with Crippen molar-refractivity contribution in [1.29, 1.82) is 5.26 Å². The van der Waals surface area contributed by atoms with E-state index in [0.29, 0.717) is 37.9 Å². The summed E-state index contributed by atoms with van der Waals surface area (Å²) in [5.41, 5.74) is 4.76. The lowest BCUT2D eigenvalue weighted by atomic mass is 10.1. The largest absolute Gasteiger partial charge is 0.459 e. The maximum absolute atomic E-state index is 12.7. The zero-order valence-electron chi connectivity index (χ0n) is 52.9. The molecule has 488 valence electrons. The van der Waals surface area contributed by atoms with Crippen LogP contribution in [0, 0.1) is 70.7 Å². The van der Waals surface area contributed by atoms with Crippen LogP contribution in [0.3, 0.4) is 0 Å². The van der Waals surface area contributed by atoms with Gasteiger partial charge in [0.25, 0.3) is 0 Å². The number of nitriles is 1. The van der Waals surface area contributed by atoms with Crippen molar-refractivity contribution in [1.82, 2.24) is 39.0 Å². The average molecular weight is 1330 g/mol. The Morgan fingerprint density at radius 1 is 0.689 bits per heavy atom. The summed E-state index contributed by atoms with van der Waals surface area (Å²) in [6.45, 7) is 35.9. The molecule has 1 N–H and O–H groups in total. The molecule has 0 radical (unpaired) electrons. The highest BCUT2D eigenvalue weighted by Gasteiger charge is 2.57. The van der Waals surface area contributed by atoms with Crippen LogP contribution in [0.1, 0.15) is 137 Å². The molecule has 2 aromatic carbocycles. The number of aromatic nitrogens is 6. The molecule has 0 bridgehead atoms. The number of imidazole rings is 2. The van der Waals surface area contributed by atoms with E-state index in [2.05, 4.69) is 179 Å². The van der Waals surface area contributed by atoms with Gasteiger partial charge in [0.15, 0.2) is 33.9 Å². The summed E-state index contributed by atoms with van der Waals surface area (Å²) in [5, 5.41) is 19.8. The number of carbonyl (C=O) groups is 1. The van der Waals surface area contributed by atoms with Crippen molar-refractivity contribution < 1.29 is 48.4 Å². The van der Waals surface area contributed by atoms with Crippen LogP contribution in [0.5, 0.6) is 0 Å². The van der Waals surface area contributed by atoms with Crippen molar-refractivity contribution in [2.75, 3.05) is 31.9 Å². The molecule has 25 heteroatoms. The number of nitrogens with zero attached hydrogens (tertiary/aromatic N) is 8. The first-order chi connectivity index (χ1) is 41.0. The van der Waals surface area contributed by atoms with Crippen LogP contribution < -0.4 is 5.32 Å². The summed E-state index contributed by atoms with van der Waals surface area (Å²) in [6.07, 6.45) is 8.20. The second kappa shape index (κ2) is 28.6. The maximum atomic E-state index is 12.7. The van der Waals surface area contributed by atoms with E-state index in [9.17, 15) is 21.6 Å². The lowest BCUT2D eigenvalue weighted by Crippen LogP contribution is -2.41. The molecule has 8 atom stereocenters. The summed E-state index contributed by atoms with van der Waals surface area (Å²) >= 11 is 0. The minimum absolute atomic E-state index is 0. The van der Waals surface area contributed by atoms with Gasteiger partial charge in [-0.3, -0.25) is 8.98 Å². The third kappa shape index (κ3) is 18.9. The number of fused-ring (bicyclic) bond motifs is 2. The fourth-order valence-electron chi connectivity index (χ4n) is 10.3.